The summed E-state index contributed by atoms with van der Waals surface area (Å²) in [5, 5.41) is 18.3. The van der Waals surface area contributed by atoms with Gasteiger partial charge in [-0.1, -0.05) is 39.3 Å². The number of aryl methyl sites for hydroxylation is 1. The van der Waals surface area contributed by atoms with E-state index in [1.165, 1.54) is 18.9 Å². The van der Waals surface area contributed by atoms with Crippen LogP contribution in [0.25, 0.3) is 21.8 Å². The van der Waals surface area contributed by atoms with Crippen LogP contribution in [0.3, 0.4) is 0 Å². The summed E-state index contributed by atoms with van der Waals surface area (Å²) >= 11 is 6.90. The van der Waals surface area contributed by atoms with E-state index in [4.69, 9.17) is 16.7 Å². The van der Waals surface area contributed by atoms with Gasteiger partial charge in [-0.05, 0) is 56.9 Å². The molecule has 1 aliphatic carbocycles. The molecule has 2 aliphatic rings. The number of rotatable bonds is 5. The second kappa shape index (κ2) is 11.9. The summed E-state index contributed by atoms with van der Waals surface area (Å²) in [4.78, 5) is 2.39. The van der Waals surface area contributed by atoms with Gasteiger partial charge >= 0.3 is 0 Å². The normalized spacial score (nSPS) is 19.1. The highest BCUT2D eigenvalue weighted by Crippen LogP contribution is 2.39. The highest BCUT2D eigenvalue weighted by Gasteiger charge is 2.27. The fourth-order valence-electron chi connectivity index (χ4n) is 5.15. The van der Waals surface area contributed by atoms with Crippen molar-refractivity contribution >= 4 is 50.6 Å². The minimum Gasteiger partial charge on any atom is -0.368 e. The van der Waals surface area contributed by atoms with Crippen molar-refractivity contribution in [2.24, 2.45) is 13.0 Å². The van der Waals surface area contributed by atoms with Gasteiger partial charge in [0.2, 0.25) is 0 Å². The number of halogens is 2. The van der Waals surface area contributed by atoms with E-state index in [1.54, 1.807) is 11.7 Å². The molecule has 2 aromatic heterocycles. The lowest BCUT2D eigenvalue weighted by molar-refractivity contribution is 0.407. The molecule has 0 spiro atoms. The van der Waals surface area contributed by atoms with Crippen molar-refractivity contribution in [3.63, 3.8) is 0 Å². The molecule has 38 heavy (non-hydrogen) atoms. The highest BCUT2D eigenvalue weighted by atomic mass is 35.5. The molecule has 9 heteroatoms. The van der Waals surface area contributed by atoms with E-state index in [2.05, 4.69) is 45.2 Å². The Morgan fingerprint density at radius 2 is 1.71 bits per heavy atom. The minimum absolute atomic E-state index is 0.360. The molecular formula is C29H41ClFN7. The van der Waals surface area contributed by atoms with Crippen molar-refractivity contribution < 1.29 is 4.39 Å². The Morgan fingerprint density at radius 1 is 1.03 bits per heavy atom. The summed E-state index contributed by atoms with van der Waals surface area (Å²) in [6.07, 6.45) is 4.27. The van der Waals surface area contributed by atoms with Crippen molar-refractivity contribution in [2.45, 2.75) is 73.0 Å². The van der Waals surface area contributed by atoms with Crippen LogP contribution in [0.2, 0.25) is 5.02 Å². The van der Waals surface area contributed by atoms with Gasteiger partial charge in [-0.2, -0.15) is 10.2 Å². The number of hydrogen-bond donors (Lipinski definition) is 2. The minimum atomic E-state index is -0.363. The van der Waals surface area contributed by atoms with Crippen LogP contribution in [0.4, 0.5) is 21.6 Å². The Balaban J connectivity index is 0.000000804. The number of anilines is 3. The first-order chi connectivity index (χ1) is 18.3. The van der Waals surface area contributed by atoms with Crippen LogP contribution in [0, 0.1) is 11.7 Å². The molecule has 2 N–H and O–H groups in total. The number of benzene rings is 2. The molecule has 2 unspecified atom stereocenters. The predicted molar refractivity (Wildman–Crippen MR) is 158 cm³/mol. The van der Waals surface area contributed by atoms with Crippen LogP contribution in [0.5, 0.6) is 0 Å². The third-order valence-electron chi connectivity index (χ3n) is 6.78. The molecule has 206 valence electrons. The summed E-state index contributed by atoms with van der Waals surface area (Å²) in [7, 11) is 1.79. The SMILES string of the molecule is CC.CC.CC1CN(c2cc(Cl)c3c(Nc4cc(F)c5nn(C)cc5c4)nn(CC4CC4)c3c2)CC(C)N1. The number of piperazine rings is 1. The Hall–Kier alpha value is -2.84. The monoisotopic (exact) mass is 541 g/mol. The van der Waals surface area contributed by atoms with Gasteiger partial charge in [-0.25, -0.2) is 4.39 Å². The van der Waals surface area contributed by atoms with E-state index in [-0.39, 0.29) is 5.82 Å². The lowest BCUT2D eigenvalue weighted by Gasteiger charge is -2.37. The number of aromatic nitrogens is 4. The zero-order chi connectivity index (χ0) is 27.6. The van der Waals surface area contributed by atoms with E-state index in [9.17, 15) is 4.39 Å². The number of nitrogens with one attached hydrogen (secondary N) is 2. The van der Waals surface area contributed by atoms with Gasteiger partial charge in [0, 0.05) is 61.7 Å². The fraction of sp³-hybridized carbons (Fsp3) is 0.517. The second-order valence-electron chi connectivity index (χ2n) is 9.99. The summed E-state index contributed by atoms with van der Waals surface area (Å²) in [6.45, 7) is 15.1. The molecule has 6 rings (SSSR count). The van der Waals surface area contributed by atoms with E-state index in [1.807, 2.05) is 46.0 Å². The van der Waals surface area contributed by atoms with Crippen molar-refractivity contribution in [1.82, 2.24) is 24.9 Å². The van der Waals surface area contributed by atoms with Crippen molar-refractivity contribution in [3.8, 4) is 0 Å². The van der Waals surface area contributed by atoms with Crippen LogP contribution in [0.15, 0.2) is 30.5 Å². The molecule has 1 saturated carbocycles. The maximum atomic E-state index is 14.7. The molecule has 0 radical (unpaired) electrons. The molecule has 2 fully saturated rings. The smallest absolute Gasteiger partial charge is 0.161 e. The predicted octanol–water partition coefficient (Wildman–Crippen LogP) is 7.11. The Labute approximate surface area is 230 Å². The van der Waals surface area contributed by atoms with Gasteiger partial charge in [0.15, 0.2) is 11.6 Å². The average Bonchev–Trinajstić information content (AvgIpc) is 3.53. The summed E-state index contributed by atoms with van der Waals surface area (Å²) in [5.41, 5.74) is 3.11. The molecule has 2 atom stereocenters. The zero-order valence-corrected chi connectivity index (χ0v) is 24.4. The van der Waals surface area contributed by atoms with E-state index in [0.717, 1.165) is 41.6 Å². The van der Waals surface area contributed by atoms with Crippen LogP contribution in [0.1, 0.15) is 54.4 Å². The Bertz CT molecular complexity index is 1380. The highest BCUT2D eigenvalue weighted by molar-refractivity contribution is 6.37. The maximum absolute atomic E-state index is 14.7. The van der Waals surface area contributed by atoms with E-state index < -0.39 is 0 Å². The van der Waals surface area contributed by atoms with E-state index >= 15 is 0 Å². The lowest BCUT2D eigenvalue weighted by atomic mass is 10.1. The number of nitrogens with zero attached hydrogens (tertiary/aromatic N) is 5. The van der Waals surface area contributed by atoms with Gasteiger partial charge in [-0.15, -0.1) is 0 Å². The van der Waals surface area contributed by atoms with Gasteiger partial charge in [0.05, 0.1) is 15.9 Å². The van der Waals surface area contributed by atoms with E-state index in [0.29, 0.717) is 40.0 Å². The van der Waals surface area contributed by atoms with Crippen molar-refractivity contribution in [2.75, 3.05) is 23.3 Å². The zero-order valence-electron chi connectivity index (χ0n) is 23.6. The Morgan fingerprint density at radius 3 is 2.37 bits per heavy atom. The molecule has 0 amide bonds. The second-order valence-corrected chi connectivity index (χ2v) is 10.4. The Kier molecular flexibility index (Phi) is 8.83. The lowest BCUT2D eigenvalue weighted by Crippen LogP contribution is -2.54. The molecular weight excluding hydrogens is 501 g/mol. The van der Waals surface area contributed by atoms with Gasteiger partial charge in [0.1, 0.15) is 5.52 Å². The number of fused-ring (bicyclic) bond motifs is 2. The molecule has 2 aromatic carbocycles. The van der Waals surface area contributed by atoms with Gasteiger partial charge < -0.3 is 15.5 Å². The molecule has 1 aliphatic heterocycles. The average molecular weight is 542 g/mol. The summed E-state index contributed by atoms with van der Waals surface area (Å²) < 4.78 is 18.4. The third kappa shape index (κ3) is 5.91. The van der Waals surface area contributed by atoms with Crippen LogP contribution in [-0.2, 0) is 13.6 Å². The number of hydrogen-bond acceptors (Lipinski definition) is 5. The van der Waals surface area contributed by atoms with Crippen LogP contribution < -0.4 is 15.5 Å². The van der Waals surface area contributed by atoms with Gasteiger partial charge in [0.25, 0.3) is 0 Å². The molecule has 7 nitrogen and oxygen atoms in total. The van der Waals surface area contributed by atoms with Crippen molar-refractivity contribution in [3.05, 3.63) is 41.3 Å². The first kappa shape index (κ1) is 28.2. The fourth-order valence-corrected chi connectivity index (χ4v) is 5.45. The van der Waals surface area contributed by atoms with Crippen molar-refractivity contribution in [1.29, 1.82) is 0 Å². The van der Waals surface area contributed by atoms with Crippen LogP contribution in [-0.4, -0.2) is 44.7 Å². The molecule has 4 aromatic rings. The summed E-state index contributed by atoms with van der Waals surface area (Å²) in [6, 6.07) is 8.41. The molecule has 0 bridgehead atoms. The van der Waals surface area contributed by atoms with Crippen LogP contribution >= 0.6 is 11.6 Å². The topological polar surface area (TPSA) is 62.9 Å². The van der Waals surface area contributed by atoms with Gasteiger partial charge in [-0.3, -0.25) is 9.36 Å². The quantitative estimate of drug-likeness (QED) is 0.282. The molecule has 1 saturated heterocycles. The maximum Gasteiger partial charge on any atom is 0.161 e. The molecule has 3 heterocycles. The standard InChI is InChI=1S/C25H29ClFN7.2C2H6/c1-14-10-33(11-15(2)28-14)19-8-20(26)23-22(9-19)34(12-16-4-5-16)31-25(23)29-18-6-17-13-32(3)30-24(17)21(27)7-18;2*1-2/h6-9,13-16,28H,4-5,10-12H2,1-3H3,(H,29,31);2*1-2H3. The largest absolute Gasteiger partial charge is 0.368 e. The first-order valence-electron chi connectivity index (χ1n) is 13.9. The summed E-state index contributed by atoms with van der Waals surface area (Å²) in [5.74, 6) is 0.941. The third-order valence-corrected chi connectivity index (χ3v) is 7.08. The first-order valence-corrected chi connectivity index (χ1v) is 14.3.